The van der Waals surface area contributed by atoms with E-state index in [1.807, 2.05) is 0 Å². The number of carboxylic acids is 1. The molecular formula is C14H15ClFNO5S. The van der Waals surface area contributed by atoms with Gasteiger partial charge in [0, 0.05) is 23.9 Å². The van der Waals surface area contributed by atoms with Crippen LogP contribution in [0.3, 0.4) is 0 Å². The number of halogens is 2. The van der Waals surface area contributed by atoms with Crippen molar-refractivity contribution < 1.29 is 27.0 Å². The number of benzene rings is 1. The molecular weight excluding hydrogens is 349 g/mol. The molecule has 1 aromatic carbocycles. The lowest BCUT2D eigenvalue weighted by Gasteiger charge is -2.28. The van der Waals surface area contributed by atoms with Crippen molar-refractivity contribution in [2.24, 2.45) is 5.92 Å². The minimum atomic E-state index is -4.70. The van der Waals surface area contributed by atoms with E-state index in [0.29, 0.717) is 10.6 Å². The number of carbonyl (C=O) groups excluding carboxylic acids is 1. The molecule has 1 amide bonds. The van der Waals surface area contributed by atoms with Crippen LogP contribution < -0.4 is 0 Å². The summed E-state index contributed by atoms with van der Waals surface area (Å²) in [6.07, 6.45) is -0.506. The first-order chi connectivity index (χ1) is 10.7. The molecule has 126 valence electrons. The molecule has 1 aliphatic rings. The molecule has 9 heteroatoms. The van der Waals surface area contributed by atoms with Crippen molar-refractivity contribution in [3.63, 3.8) is 0 Å². The lowest BCUT2D eigenvalue weighted by Crippen LogP contribution is -2.32. The van der Waals surface area contributed by atoms with Gasteiger partial charge in [0.15, 0.2) is 0 Å². The van der Waals surface area contributed by atoms with Gasteiger partial charge in [-0.25, -0.2) is 0 Å². The number of aliphatic carboxylic acids is 1. The third-order valence-corrected chi connectivity index (χ3v) is 4.90. The van der Waals surface area contributed by atoms with Gasteiger partial charge in [-0.2, -0.15) is 8.42 Å². The Bertz CT molecular complexity index is 724. The molecule has 1 aliphatic heterocycles. The monoisotopic (exact) mass is 363 g/mol. The molecule has 1 saturated heterocycles. The predicted molar refractivity (Wildman–Crippen MR) is 81.2 cm³/mol. The first kappa shape index (κ1) is 17.7. The number of rotatable bonds is 6. The predicted octanol–water partition coefficient (Wildman–Crippen LogP) is 2.00. The Hall–Kier alpha value is -1.67. The summed E-state index contributed by atoms with van der Waals surface area (Å²) in [7, 11) is -4.70. The molecule has 2 unspecified atom stereocenters. The molecule has 2 rings (SSSR count). The fourth-order valence-corrected chi connectivity index (χ4v) is 3.85. The Balaban J connectivity index is 2.28. The van der Waals surface area contributed by atoms with E-state index in [4.69, 9.17) is 16.7 Å². The minimum absolute atomic E-state index is 0.0227. The quantitative estimate of drug-likeness (QED) is 0.780. The molecule has 1 N–H and O–H groups in total. The standard InChI is InChI=1S/C14H15ClFNO5S/c15-11-4-2-1-3-10(11)12(6-14(19)20)17-7-9(5-13(17)18)8-23(16,21)22/h1-4,9,12H,5-8H2,(H,19,20). The zero-order valence-electron chi connectivity index (χ0n) is 12.0. The van der Waals surface area contributed by atoms with Crippen molar-refractivity contribution in [2.75, 3.05) is 12.3 Å². The SMILES string of the molecule is O=C(O)CC(c1ccccc1Cl)N1CC(CS(=O)(=O)F)CC1=O. The molecule has 0 aromatic heterocycles. The van der Waals surface area contributed by atoms with E-state index in [0.717, 1.165) is 0 Å². The molecule has 1 fully saturated rings. The summed E-state index contributed by atoms with van der Waals surface area (Å²) in [5.74, 6) is -2.98. The molecule has 0 spiro atoms. The number of likely N-dealkylation sites (tertiary alicyclic amines) is 1. The van der Waals surface area contributed by atoms with Crippen LogP contribution in [0.2, 0.25) is 5.02 Å². The Morgan fingerprint density at radius 2 is 2.09 bits per heavy atom. The van der Waals surface area contributed by atoms with Crippen molar-refractivity contribution in [3.05, 3.63) is 34.9 Å². The summed E-state index contributed by atoms with van der Waals surface area (Å²) in [5.41, 5.74) is 0.466. The molecule has 0 saturated carbocycles. The largest absolute Gasteiger partial charge is 0.481 e. The first-order valence-electron chi connectivity index (χ1n) is 6.85. The van der Waals surface area contributed by atoms with Crippen molar-refractivity contribution in [2.45, 2.75) is 18.9 Å². The van der Waals surface area contributed by atoms with Gasteiger partial charge in [0.25, 0.3) is 0 Å². The van der Waals surface area contributed by atoms with Crippen molar-refractivity contribution in [1.29, 1.82) is 0 Å². The lowest BCUT2D eigenvalue weighted by atomic mass is 10.0. The van der Waals surface area contributed by atoms with Crippen LogP contribution >= 0.6 is 11.6 Å². The number of hydrogen-bond donors (Lipinski definition) is 1. The average molecular weight is 364 g/mol. The summed E-state index contributed by atoms with van der Waals surface area (Å²) in [6, 6.07) is 5.72. The van der Waals surface area contributed by atoms with Crippen LogP contribution in [0.1, 0.15) is 24.4 Å². The van der Waals surface area contributed by atoms with E-state index in [1.54, 1.807) is 24.3 Å². The van der Waals surface area contributed by atoms with Crippen LogP contribution in [0.4, 0.5) is 3.89 Å². The van der Waals surface area contributed by atoms with Gasteiger partial charge >= 0.3 is 16.2 Å². The zero-order valence-corrected chi connectivity index (χ0v) is 13.6. The third kappa shape index (κ3) is 4.65. The smallest absolute Gasteiger partial charge is 0.305 e. The number of carbonyl (C=O) groups is 2. The molecule has 1 aromatic rings. The lowest BCUT2D eigenvalue weighted by molar-refractivity contribution is -0.139. The molecule has 0 aliphatic carbocycles. The normalized spacial score (nSPS) is 19.8. The van der Waals surface area contributed by atoms with Crippen LogP contribution in [0.25, 0.3) is 0 Å². The van der Waals surface area contributed by atoms with Crippen LogP contribution in [0, 0.1) is 5.92 Å². The Kier molecular flexibility index (Phi) is 5.26. The maximum absolute atomic E-state index is 12.8. The van der Waals surface area contributed by atoms with Gasteiger partial charge < -0.3 is 10.0 Å². The Morgan fingerprint density at radius 3 is 2.65 bits per heavy atom. The van der Waals surface area contributed by atoms with Gasteiger partial charge in [-0.05, 0) is 11.6 Å². The average Bonchev–Trinajstić information content (AvgIpc) is 2.75. The molecule has 0 bridgehead atoms. The van der Waals surface area contributed by atoms with Crippen molar-refractivity contribution in [1.82, 2.24) is 4.90 Å². The molecule has 1 heterocycles. The summed E-state index contributed by atoms with van der Waals surface area (Å²) in [6.45, 7) is -0.0227. The maximum Gasteiger partial charge on any atom is 0.305 e. The van der Waals surface area contributed by atoms with Crippen LogP contribution in [-0.4, -0.2) is 42.6 Å². The van der Waals surface area contributed by atoms with E-state index >= 15 is 0 Å². The highest BCUT2D eigenvalue weighted by atomic mass is 35.5. The van der Waals surface area contributed by atoms with Gasteiger partial charge in [0.1, 0.15) is 0 Å². The molecule has 6 nitrogen and oxygen atoms in total. The summed E-state index contributed by atoms with van der Waals surface area (Å²) in [5, 5.41) is 9.41. The van der Waals surface area contributed by atoms with Crippen LogP contribution in [0.5, 0.6) is 0 Å². The molecule has 0 radical (unpaired) electrons. The van der Waals surface area contributed by atoms with Crippen LogP contribution in [-0.2, 0) is 19.8 Å². The highest BCUT2D eigenvalue weighted by molar-refractivity contribution is 7.86. The van der Waals surface area contributed by atoms with Crippen molar-refractivity contribution in [3.8, 4) is 0 Å². The highest BCUT2D eigenvalue weighted by Crippen LogP contribution is 2.35. The molecule has 23 heavy (non-hydrogen) atoms. The number of nitrogens with zero attached hydrogens (tertiary/aromatic N) is 1. The topological polar surface area (TPSA) is 91.8 Å². The fraction of sp³-hybridized carbons (Fsp3) is 0.429. The van der Waals surface area contributed by atoms with E-state index in [9.17, 15) is 21.9 Å². The highest BCUT2D eigenvalue weighted by Gasteiger charge is 2.38. The maximum atomic E-state index is 12.8. The van der Waals surface area contributed by atoms with Crippen LogP contribution in [0.15, 0.2) is 24.3 Å². The first-order valence-corrected chi connectivity index (χ1v) is 8.78. The summed E-state index contributed by atoms with van der Waals surface area (Å²) < 4.78 is 34.3. The van der Waals surface area contributed by atoms with E-state index < -0.39 is 39.8 Å². The van der Waals surface area contributed by atoms with E-state index in [1.165, 1.54) is 4.90 Å². The second kappa shape index (κ2) is 6.84. The second-order valence-electron chi connectivity index (χ2n) is 5.46. The molecule has 2 atom stereocenters. The minimum Gasteiger partial charge on any atom is -0.481 e. The fourth-order valence-electron chi connectivity index (χ4n) is 2.80. The number of amides is 1. The van der Waals surface area contributed by atoms with Crippen molar-refractivity contribution >= 4 is 33.7 Å². The third-order valence-electron chi connectivity index (χ3n) is 3.68. The van der Waals surface area contributed by atoms with Gasteiger partial charge in [-0.3, -0.25) is 9.59 Å². The van der Waals surface area contributed by atoms with E-state index in [-0.39, 0.29) is 19.4 Å². The number of carboxylic acid groups (broad SMARTS) is 1. The Morgan fingerprint density at radius 1 is 1.43 bits per heavy atom. The van der Waals surface area contributed by atoms with Gasteiger partial charge in [0.2, 0.25) is 5.91 Å². The zero-order chi connectivity index (χ0) is 17.2. The van der Waals surface area contributed by atoms with Gasteiger partial charge in [0.05, 0.1) is 18.2 Å². The summed E-state index contributed by atoms with van der Waals surface area (Å²) in [4.78, 5) is 24.6. The van der Waals surface area contributed by atoms with Gasteiger partial charge in [-0.15, -0.1) is 3.89 Å². The Labute approximate surface area is 138 Å². The second-order valence-corrected chi connectivity index (χ2v) is 7.28. The van der Waals surface area contributed by atoms with Gasteiger partial charge in [-0.1, -0.05) is 29.8 Å². The number of hydrogen-bond acceptors (Lipinski definition) is 4. The summed E-state index contributed by atoms with van der Waals surface area (Å²) >= 11 is 6.08. The van der Waals surface area contributed by atoms with E-state index in [2.05, 4.69) is 0 Å².